The van der Waals surface area contributed by atoms with Crippen LogP contribution in [-0.4, -0.2) is 78.5 Å². The van der Waals surface area contributed by atoms with E-state index in [-0.39, 0.29) is 0 Å². The van der Waals surface area contributed by atoms with Crippen molar-refractivity contribution >= 4 is 188 Å². The Morgan fingerprint density at radius 2 is 0.690 bits per heavy atom. The van der Waals surface area contributed by atoms with Gasteiger partial charge in [0.25, 0.3) is 0 Å². The topological polar surface area (TPSA) is 26.3 Å². The van der Waals surface area contributed by atoms with Crippen molar-refractivity contribution in [1.82, 2.24) is 0 Å². The van der Waals surface area contributed by atoms with Crippen LogP contribution in [0.3, 0.4) is 0 Å². The number of furan rings is 2. The lowest BCUT2D eigenvalue weighted by Crippen LogP contribution is -2.55. The third-order valence-electron chi connectivity index (χ3n) is 14.0. The highest BCUT2D eigenvalue weighted by Crippen LogP contribution is 2.44. The van der Waals surface area contributed by atoms with E-state index >= 15 is 0 Å². The molecule has 0 saturated heterocycles. The van der Waals surface area contributed by atoms with Crippen molar-refractivity contribution in [1.29, 1.82) is 0 Å². The Morgan fingerprint density at radius 3 is 1.22 bits per heavy atom. The number of fused-ring (bicyclic) bond motifs is 6. The van der Waals surface area contributed by atoms with Crippen molar-refractivity contribution in [3.63, 3.8) is 0 Å². The molecule has 58 heavy (non-hydrogen) atoms. The van der Waals surface area contributed by atoms with Gasteiger partial charge in [0.15, 0.2) is 0 Å². The zero-order valence-corrected chi connectivity index (χ0v) is 35.2. The monoisotopic (exact) mass is 732 g/mol. The standard InChI is InChI=1S/C46H38B10O2/c47-37-35(38(48)42(52)45(55)41(37)51)32-18-22-15-19(11-14-29(22)57-32)20-9-12-23-24-13-10-21(17-31(24)58-30(23)16-20)33-25-5-1-3-7-27(25)34(28-8-4-2-6-26(28)33)36-39(49)43(53)46(56)44(54)40(36)50/h1-18H,47-56H2. The van der Waals surface area contributed by atoms with E-state index in [0.717, 1.165) is 55.4 Å². The largest absolute Gasteiger partial charge is 0.456 e. The molecule has 0 aliphatic heterocycles. The molecule has 0 amide bonds. The summed E-state index contributed by atoms with van der Waals surface area (Å²) in [6.07, 6.45) is 0. The van der Waals surface area contributed by atoms with Gasteiger partial charge in [-0.2, -0.15) is 0 Å². The fraction of sp³-hybridized carbons (Fsp3) is 0. The molecule has 0 atom stereocenters. The summed E-state index contributed by atoms with van der Waals surface area (Å²) in [5.74, 6) is 0.928. The maximum atomic E-state index is 6.75. The summed E-state index contributed by atoms with van der Waals surface area (Å²) in [6.45, 7) is 0. The summed E-state index contributed by atoms with van der Waals surface area (Å²) < 4.78 is 13.3. The maximum absolute atomic E-state index is 6.75. The van der Waals surface area contributed by atoms with Crippen LogP contribution < -0.4 is 54.6 Å². The van der Waals surface area contributed by atoms with Gasteiger partial charge in [-0.15, -0.1) is 32.8 Å². The summed E-state index contributed by atoms with van der Waals surface area (Å²) in [4.78, 5) is 0. The quantitative estimate of drug-likeness (QED) is 0.136. The van der Waals surface area contributed by atoms with Crippen LogP contribution in [0.5, 0.6) is 0 Å². The first-order valence-corrected chi connectivity index (χ1v) is 20.5. The zero-order valence-electron chi connectivity index (χ0n) is 35.2. The minimum Gasteiger partial charge on any atom is -0.456 e. The predicted molar refractivity (Wildman–Crippen MR) is 282 cm³/mol. The molecule has 0 bridgehead atoms. The molecule has 10 aromatic rings. The summed E-state index contributed by atoms with van der Waals surface area (Å²) in [7, 11) is 22.5. The van der Waals surface area contributed by atoms with Crippen molar-refractivity contribution in [3.05, 3.63) is 109 Å². The fourth-order valence-corrected chi connectivity index (χ4v) is 9.91. The van der Waals surface area contributed by atoms with Crippen LogP contribution in [0.4, 0.5) is 0 Å². The molecule has 0 aliphatic carbocycles. The molecule has 0 spiro atoms. The molecule has 2 heterocycles. The molecular weight excluding hydrogens is 693 g/mol. The molecule has 10 rings (SSSR count). The molecule has 0 saturated carbocycles. The zero-order chi connectivity index (χ0) is 40.3. The van der Waals surface area contributed by atoms with Crippen LogP contribution in [0.1, 0.15) is 0 Å². The summed E-state index contributed by atoms with van der Waals surface area (Å²) in [5.41, 5.74) is 24.7. The lowest BCUT2D eigenvalue weighted by molar-refractivity contribution is 0.632. The van der Waals surface area contributed by atoms with Crippen LogP contribution in [-0.2, 0) is 0 Å². The Hall–Kier alpha value is -5.73. The predicted octanol–water partition coefficient (Wildman–Crippen LogP) is -4.11. The maximum Gasteiger partial charge on any atom is 0.139 e. The van der Waals surface area contributed by atoms with Gasteiger partial charge in [0.05, 0.1) is 0 Å². The summed E-state index contributed by atoms with van der Waals surface area (Å²) in [5, 5.41) is 8.38. The molecule has 0 fully saturated rings. The third-order valence-corrected chi connectivity index (χ3v) is 14.0. The van der Waals surface area contributed by atoms with Gasteiger partial charge in [0, 0.05) is 21.7 Å². The van der Waals surface area contributed by atoms with E-state index in [1.807, 2.05) is 0 Å². The van der Waals surface area contributed by atoms with Crippen molar-refractivity contribution in [3.8, 4) is 44.7 Å². The van der Waals surface area contributed by atoms with Gasteiger partial charge < -0.3 is 8.83 Å². The van der Waals surface area contributed by atoms with Gasteiger partial charge in [0.2, 0.25) is 0 Å². The number of benzene rings is 8. The molecule has 0 N–H and O–H groups in total. The van der Waals surface area contributed by atoms with Crippen LogP contribution in [0.15, 0.2) is 118 Å². The SMILES string of the molecule is Bc1c(B)c(B)c(-c2cc3cc(-c4ccc5c(c4)oc4cc(-c6c7ccccc7c(-c7c(B)c(B)c(B)c(B)c7B)c7ccccc67)ccc45)ccc3o2)c(B)c1B. The van der Waals surface area contributed by atoms with Gasteiger partial charge >= 0.3 is 0 Å². The summed E-state index contributed by atoms with van der Waals surface area (Å²) >= 11 is 0. The highest BCUT2D eigenvalue weighted by molar-refractivity contribution is 6.70. The first-order chi connectivity index (χ1) is 27.9. The highest BCUT2D eigenvalue weighted by Gasteiger charge is 2.22. The van der Waals surface area contributed by atoms with E-state index in [1.54, 1.807) is 0 Å². The second-order valence-corrected chi connectivity index (χ2v) is 16.7. The fourth-order valence-electron chi connectivity index (χ4n) is 9.91. The van der Waals surface area contributed by atoms with Crippen LogP contribution in [0.25, 0.3) is 99.2 Å². The van der Waals surface area contributed by atoms with Crippen molar-refractivity contribution in [2.24, 2.45) is 0 Å². The Balaban J connectivity index is 1.09. The second kappa shape index (κ2) is 13.4. The normalized spacial score (nSPS) is 11.8. The van der Waals surface area contributed by atoms with Gasteiger partial charge in [-0.25, -0.2) is 0 Å². The van der Waals surface area contributed by atoms with Gasteiger partial charge in [0.1, 0.15) is 101 Å². The van der Waals surface area contributed by atoms with E-state index < -0.39 is 0 Å². The van der Waals surface area contributed by atoms with Crippen LogP contribution in [0, 0.1) is 0 Å². The molecule has 0 aliphatic rings. The third kappa shape index (κ3) is 5.33. The smallest absolute Gasteiger partial charge is 0.139 e. The van der Waals surface area contributed by atoms with E-state index in [1.165, 1.54) is 98.4 Å². The van der Waals surface area contributed by atoms with Crippen molar-refractivity contribution in [2.45, 2.75) is 0 Å². The molecule has 264 valence electrons. The van der Waals surface area contributed by atoms with E-state index in [9.17, 15) is 0 Å². The molecule has 12 heteroatoms. The Labute approximate surface area is 348 Å². The Morgan fingerprint density at radius 1 is 0.276 bits per heavy atom. The lowest BCUT2D eigenvalue weighted by Gasteiger charge is -2.24. The van der Waals surface area contributed by atoms with E-state index in [4.69, 9.17) is 8.83 Å². The van der Waals surface area contributed by atoms with Gasteiger partial charge in [-0.1, -0.05) is 88.6 Å². The molecular formula is C46H38B10O2. The number of hydrogen-bond donors (Lipinski definition) is 0. The minimum absolute atomic E-state index is 0.885. The molecule has 2 aromatic heterocycles. The second-order valence-electron chi connectivity index (χ2n) is 16.7. The van der Waals surface area contributed by atoms with Crippen molar-refractivity contribution in [2.75, 3.05) is 0 Å². The number of hydrogen-bond acceptors (Lipinski definition) is 2. The van der Waals surface area contributed by atoms with E-state index in [0.29, 0.717) is 0 Å². The number of rotatable bonds is 4. The van der Waals surface area contributed by atoms with Crippen LogP contribution in [0.2, 0.25) is 0 Å². The van der Waals surface area contributed by atoms with Gasteiger partial charge in [-0.05, 0) is 97.4 Å². The molecule has 0 radical (unpaired) electrons. The first-order valence-electron chi connectivity index (χ1n) is 20.5. The average molecular weight is 731 g/mol. The Bertz CT molecular complexity index is 3300. The van der Waals surface area contributed by atoms with Crippen molar-refractivity contribution < 1.29 is 8.83 Å². The summed E-state index contributed by atoms with van der Waals surface area (Å²) in [6, 6.07) is 40.0. The van der Waals surface area contributed by atoms with Crippen LogP contribution >= 0.6 is 0 Å². The molecule has 2 nitrogen and oxygen atoms in total. The average Bonchev–Trinajstić information content (AvgIpc) is 3.83. The highest BCUT2D eigenvalue weighted by atomic mass is 16.3. The molecule has 8 aromatic carbocycles. The minimum atomic E-state index is 0.885. The lowest BCUT2D eigenvalue weighted by atomic mass is 9.59. The first kappa shape index (κ1) is 36.6. The van der Waals surface area contributed by atoms with E-state index in [2.05, 4.69) is 188 Å². The molecule has 0 unspecified atom stereocenters. The van der Waals surface area contributed by atoms with Gasteiger partial charge in [-0.3, -0.25) is 0 Å². The Kier molecular flexibility index (Phi) is 8.47.